The minimum Gasteiger partial charge on any atom is -1.00 e. The van der Waals surface area contributed by atoms with E-state index in [4.69, 9.17) is 0 Å². The maximum atomic E-state index is 15.1. The number of Topliss-reactive ketones (excluding diaryl/α,β-unsaturated/α-hetero) is 5. The summed E-state index contributed by atoms with van der Waals surface area (Å²) >= 11 is 8.67. The van der Waals surface area contributed by atoms with Crippen LogP contribution < -0.4 is 45.5 Å². The van der Waals surface area contributed by atoms with Gasteiger partial charge in [-0.05, 0) is 109 Å². The van der Waals surface area contributed by atoms with Crippen molar-refractivity contribution in [3.05, 3.63) is 67.2 Å². The van der Waals surface area contributed by atoms with E-state index in [9.17, 15) is 29.4 Å². The molecule has 0 spiro atoms. The molecule has 2 fully saturated rings. The van der Waals surface area contributed by atoms with Gasteiger partial charge in [-0.3, -0.25) is 38.4 Å². The zero-order chi connectivity index (χ0) is 91.2. The van der Waals surface area contributed by atoms with E-state index >= 15 is 19.2 Å². The van der Waals surface area contributed by atoms with Crippen LogP contribution in [-0.4, -0.2) is 76.5 Å². The zero-order valence-corrected chi connectivity index (χ0v) is 88.4. The smallest absolute Gasteiger partial charge is 1.00 e. The van der Waals surface area contributed by atoms with Crippen LogP contribution in [-0.2, 0) is 44.8 Å². The van der Waals surface area contributed by atoms with Crippen LogP contribution in [0.4, 0.5) is 0 Å². The van der Waals surface area contributed by atoms with E-state index in [-0.39, 0.29) is 60.2 Å². The molecule has 3 amide bonds. The van der Waals surface area contributed by atoms with Gasteiger partial charge in [0.15, 0.2) is 11.2 Å². The van der Waals surface area contributed by atoms with Gasteiger partial charge in [-0.15, -0.1) is 68.0 Å². The number of amides is 3. The number of nitrogens with one attached hydrogen (secondary N) is 3. The van der Waals surface area contributed by atoms with Gasteiger partial charge in [0.2, 0.25) is 0 Å². The van der Waals surface area contributed by atoms with Gasteiger partial charge < -0.3 is 27.6 Å². The largest absolute Gasteiger partial charge is 1.00 e. The first-order chi connectivity index (χ1) is 61.9. The summed E-state index contributed by atoms with van der Waals surface area (Å²) in [5.74, 6) is -4.42. The number of carbonyl (C=O) groups is 8. The van der Waals surface area contributed by atoms with Crippen molar-refractivity contribution in [3.63, 3.8) is 0 Å². The topological polar surface area (TPSA) is 213 Å². The molecule has 13 nitrogen and oxygen atoms in total. The van der Waals surface area contributed by atoms with Crippen LogP contribution in [0.25, 0.3) is 28.2 Å². The van der Waals surface area contributed by atoms with Gasteiger partial charge in [-0.25, -0.2) is 0 Å². The van der Waals surface area contributed by atoms with Gasteiger partial charge in [0.25, 0.3) is 23.5 Å². The molecule has 128 heavy (non-hydrogen) atoms. The summed E-state index contributed by atoms with van der Waals surface area (Å²) in [6.07, 6.45) is 76.4. The third-order valence-electron chi connectivity index (χ3n) is 27.2. The van der Waals surface area contributed by atoms with E-state index in [2.05, 4.69) is 57.5 Å². The fourth-order valence-electron chi connectivity index (χ4n) is 18.8. The van der Waals surface area contributed by atoms with Crippen LogP contribution in [0.2, 0.25) is 0 Å². The van der Waals surface area contributed by atoms with Crippen LogP contribution in [0.1, 0.15) is 486 Å². The maximum absolute atomic E-state index is 15.1. The Morgan fingerprint density at radius 1 is 0.328 bits per heavy atom. The van der Waals surface area contributed by atoms with Crippen LogP contribution in [0.3, 0.4) is 0 Å². The fourth-order valence-corrected chi connectivity index (χ4v) is 25.4. The summed E-state index contributed by atoms with van der Waals surface area (Å²) in [6, 6.07) is 11.4. The first kappa shape index (κ1) is 115. The Kier molecular flexibility index (Phi) is 64.0. The number of hydrogen-bond donors (Lipinski definition) is 5. The Labute approximate surface area is 824 Å². The second-order valence-corrected chi connectivity index (χ2v) is 44.2. The molecule has 0 bridgehead atoms. The molecular weight excluding hydrogens is 1710 g/mol. The minimum absolute atomic E-state index is 0. The van der Waals surface area contributed by atoms with Crippen molar-refractivity contribution in [3.8, 4) is 0 Å². The van der Waals surface area contributed by atoms with Crippen molar-refractivity contribution < 1.29 is 79.6 Å². The van der Waals surface area contributed by atoms with Crippen LogP contribution in [0.5, 0.6) is 0 Å². The summed E-state index contributed by atoms with van der Waals surface area (Å²) in [4.78, 5) is 108. The molecule has 6 aromatic rings. The van der Waals surface area contributed by atoms with E-state index < -0.39 is 65.2 Å². The van der Waals surface area contributed by atoms with Gasteiger partial charge in [0.1, 0.15) is 23.1 Å². The van der Waals surface area contributed by atoms with Crippen molar-refractivity contribution in [1.82, 2.24) is 16.0 Å². The zero-order valence-electron chi connectivity index (χ0n) is 82.5. The van der Waals surface area contributed by atoms with Crippen molar-refractivity contribution in [2.45, 2.75) is 477 Å². The normalized spacial score (nSPS) is 15.9. The molecule has 0 aromatic carbocycles. The third-order valence-corrected chi connectivity index (χ3v) is 33.7. The van der Waals surface area contributed by atoms with Crippen LogP contribution >= 0.6 is 68.0 Å². The first-order valence-corrected chi connectivity index (χ1v) is 57.4. The monoisotopic (exact) mass is 1890 g/mol. The molecule has 7 atom stereocenters. The summed E-state index contributed by atoms with van der Waals surface area (Å²) in [5, 5.41) is 41.6. The number of ketones is 5. The Morgan fingerprint density at radius 3 is 0.797 bits per heavy atom. The number of hydrogen-bond acceptors (Lipinski definition) is 16. The minimum atomic E-state index is -2.31. The standard InChI is InChI=1S/C70H114N2O6S4.C32H53NO2S2.C6H8O2.Na.H/c1-5-9-13-17-21-25-27-31-35-39-43-55(41-37-33-29-23-19-15-11-7-3)53-71-67(75)69(77,65-51-63-61(81-65)45-47-79-63)57-49-60(74)58(50-59(57)73)70(78,66-52-64-62(82-66)46-48-80-64)68(76)72-54-56(42-38-34-30-24-20-16-12-8-4)44-40-36-32-28-26-22-18-14-10-6-2;1-3-5-7-9-11-13-14-16-18-20-22-27(21-19-17-15-12-10-8-6-4-2)26-33-32(35)31(34)30-25-29-28(37-30)23-24-36-29;7-5-1-2-6(8)4-3-5;;/h45-48,51-52,55-58,77-78H,5-44,49-50,53-54H2,1-4H3,(H,71,75)(H,72,76);23-25,27H,3-22,26H2,1-2H3,(H,33,35);1-4H2;;/q;;;+1;-1. The molecule has 2 saturated carbocycles. The molecule has 6 heterocycles. The number of carbonyl (C=O) groups excluding carboxylic acids is 8. The molecule has 0 saturated heterocycles. The van der Waals surface area contributed by atoms with Crippen molar-refractivity contribution in [2.24, 2.45) is 29.6 Å². The van der Waals surface area contributed by atoms with Gasteiger partial charge >= 0.3 is 29.6 Å². The maximum Gasteiger partial charge on any atom is 1.00 e. The van der Waals surface area contributed by atoms with E-state index in [0.29, 0.717) is 65.9 Å². The van der Waals surface area contributed by atoms with Gasteiger partial charge in [-0.1, -0.05) is 388 Å². The number of rotatable bonds is 74. The summed E-state index contributed by atoms with van der Waals surface area (Å²) in [7, 11) is 0. The quantitative estimate of drug-likeness (QED) is 0.0105. The summed E-state index contributed by atoms with van der Waals surface area (Å²) in [5.41, 5.74) is -4.63. The van der Waals surface area contributed by atoms with E-state index in [1.807, 2.05) is 52.5 Å². The van der Waals surface area contributed by atoms with Crippen molar-refractivity contribution in [1.29, 1.82) is 0 Å². The SMILES string of the molecule is CCCCCCCCCCCCC(CCCCCCCCCC)CNC(=O)C(=O)c1cc2sccc2s1.CCCCCCCCCCCCC(CCCCCCCCCC)CNC(=O)C(O)(c1cc2sccc2s1)C1CC(=O)C(C(O)(C(=O)NCC(CCCCCCCCCC)CCCCCCCCCCCC)c2cc3sccc3s2)CC1=O.O=C1CCC(=O)CC1.[H-].[Na+]. The molecule has 6 aromatic heterocycles. The fraction of sp³-hybridized carbons (Fsp3) is 0.759. The molecule has 0 radical (unpaired) electrons. The summed E-state index contributed by atoms with van der Waals surface area (Å²) < 4.78 is 5.81. The Morgan fingerprint density at radius 2 is 0.555 bits per heavy atom. The Balaban J connectivity index is 0.000000610. The first-order valence-electron chi connectivity index (χ1n) is 52.3. The third kappa shape index (κ3) is 44.6. The number of unbranched alkanes of at least 4 members (excludes halogenated alkanes) is 48. The number of thiophene rings is 6. The van der Waals surface area contributed by atoms with Crippen molar-refractivity contribution in [2.75, 3.05) is 19.6 Å². The second kappa shape index (κ2) is 71.2. The van der Waals surface area contributed by atoms with E-state index in [1.165, 1.54) is 365 Å². The molecule has 0 aliphatic heterocycles. The molecule has 2 aliphatic rings. The van der Waals surface area contributed by atoms with Crippen molar-refractivity contribution >= 4 is 143 Å². The summed E-state index contributed by atoms with van der Waals surface area (Å²) in [6.45, 7) is 15.0. The average molecular weight is 1890 g/mol. The Bertz CT molecular complexity index is 3660. The van der Waals surface area contributed by atoms with Crippen LogP contribution in [0, 0.1) is 29.6 Å². The van der Waals surface area contributed by atoms with Gasteiger partial charge in [0.05, 0.1) is 16.7 Å². The molecule has 2 aliphatic carbocycles. The number of fused-ring (bicyclic) bond motifs is 3. The molecule has 720 valence electrons. The number of aliphatic hydroxyl groups is 2. The molecule has 5 N–H and O–H groups in total. The van der Waals surface area contributed by atoms with E-state index in [0.717, 1.165) is 105 Å². The Hall–Kier alpha value is -3.34. The average Bonchev–Trinajstić information content (AvgIpc) is 1.70. The van der Waals surface area contributed by atoms with Gasteiger partial charge in [0, 0.05) is 96.1 Å². The predicted molar refractivity (Wildman–Crippen MR) is 548 cm³/mol. The molecular formula is C108H176N3NaO10S6. The second-order valence-electron chi connectivity index (χ2n) is 38.1. The predicted octanol–water partition coefficient (Wildman–Crippen LogP) is 29.2. The molecule has 7 unspecified atom stereocenters. The van der Waals surface area contributed by atoms with Gasteiger partial charge in [-0.2, -0.15) is 0 Å². The molecule has 20 heteroatoms. The van der Waals surface area contributed by atoms with E-state index in [1.54, 1.807) is 11.3 Å². The van der Waals surface area contributed by atoms with Crippen LogP contribution in [0.15, 0.2) is 52.5 Å². The molecule has 8 rings (SSSR count).